The number of nitrogens with zero attached hydrogens (tertiary/aromatic N) is 1. The minimum Gasteiger partial charge on any atom is -0.490 e. The minimum atomic E-state index is -0.453. The molecule has 1 amide bonds. The van der Waals surface area contributed by atoms with Gasteiger partial charge in [-0.25, -0.2) is 5.43 Å². The monoisotopic (exact) mass is 464 g/mol. The first-order valence-electron chi connectivity index (χ1n) is 8.63. The normalized spacial score (nSPS) is 11.1. The quantitative estimate of drug-likeness (QED) is 0.374. The molecule has 3 rings (SSSR count). The Morgan fingerprint density at radius 1 is 1.21 bits per heavy atom. The third kappa shape index (κ3) is 4.66. The summed E-state index contributed by atoms with van der Waals surface area (Å²) in [6.07, 6.45) is 1.47. The van der Waals surface area contributed by atoms with Crippen LogP contribution in [0.25, 0.3) is 11.0 Å². The van der Waals surface area contributed by atoms with Crippen LogP contribution in [-0.2, 0) is 0 Å². The zero-order chi connectivity index (χ0) is 20.1. The molecule has 28 heavy (non-hydrogen) atoms. The SMILES string of the molecule is CCOc1cc(/C=N\NC(=O)c2cc3cc(Br)ccc3o2)cc(Cl)c1OCC. The van der Waals surface area contributed by atoms with Crippen LogP contribution in [0.5, 0.6) is 11.5 Å². The molecule has 3 aromatic rings. The summed E-state index contributed by atoms with van der Waals surface area (Å²) in [6, 6.07) is 10.6. The standard InChI is InChI=1S/C20H18BrClN2O4/c1-3-26-17-8-12(7-15(22)19(17)27-4-2)11-23-24-20(25)18-10-13-9-14(21)5-6-16(13)28-18/h5-11H,3-4H2,1-2H3,(H,24,25)/b23-11-. The van der Waals surface area contributed by atoms with Gasteiger partial charge < -0.3 is 13.9 Å². The third-order valence-electron chi connectivity index (χ3n) is 3.70. The van der Waals surface area contributed by atoms with Crippen molar-refractivity contribution < 1.29 is 18.7 Å². The Bertz CT molecular complexity index is 1030. The Morgan fingerprint density at radius 2 is 2.00 bits per heavy atom. The van der Waals surface area contributed by atoms with Crippen LogP contribution in [0.3, 0.4) is 0 Å². The summed E-state index contributed by atoms with van der Waals surface area (Å²) in [4.78, 5) is 12.3. The Morgan fingerprint density at radius 3 is 2.75 bits per heavy atom. The van der Waals surface area contributed by atoms with Gasteiger partial charge in [-0.15, -0.1) is 0 Å². The highest BCUT2D eigenvalue weighted by Crippen LogP contribution is 2.36. The van der Waals surface area contributed by atoms with Gasteiger partial charge >= 0.3 is 5.91 Å². The number of carbonyl (C=O) groups excluding carboxylic acids is 1. The number of rotatable bonds is 7. The molecule has 146 valence electrons. The van der Waals surface area contributed by atoms with E-state index in [1.807, 2.05) is 26.0 Å². The van der Waals surface area contributed by atoms with Crippen LogP contribution in [0, 0.1) is 0 Å². The smallest absolute Gasteiger partial charge is 0.307 e. The van der Waals surface area contributed by atoms with Gasteiger partial charge in [0.25, 0.3) is 0 Å². The molecule has 0 atom stereocenters. The molecule has 0 radical (unpaired) electrons. The van der Waals surface area contributed by atoms with Gasteiger partial charge in [0.1, 0.15) is 5.58 Å². The van der Waals surface area contributed by atoms with E-state index >= 15 is 0 Å². The molecule has 8 heteroatoms. The van der Waals surface area contributed by atoms with Crippen LogP contribution in [0.4, 0.5) is 0 Å². The third-order valence-corrected chi connectivity index (χ3v) is 4.48. The van der Waals surface area contributed by atoms with E-state index < -0.39 is 5.91 Å². The van der Waals surface area contributed by atoms with Gasteiger partial charge in [-0.2, -0.15) is 5.10 Å². The van der Waals surface area contributed by atoms with Crippen LogP contribution in [-0.4, -0.2) is 25.3 Å². The Kier molecular flexibility index (Phi) is 6.59. The highest BCUT2D eigenvalue weighted by molar-refractivity contribution is 9.10. The van der Waals surface area contributed by atoms with Crippen molar-refractivity contribution in [1.82, 2.24) is 5.43 Å². The van der Waals surface area contributed by atoms with Crippen molar-refractivity contribution in [2.24, 2.45) is 5.10 Å². The molecule has 0 aliphatic heterocycles. The number of hydrogen-bond donors (Lipinski definition) is 1. The van der Waals surface area contributed by atoms with Gasteiger partial charge in [-0.3, -0.25) is 4.79 Å². The number of fused-ring (bicyclic) bond motifs is 1. The zero-order valence-corrected chi connectivity index (χ0v) is 17.6. The molecule has 1 heterocycles. The first-order valence-corrected chi connectivity index (χ1v) is 9.80. The number of hydrazone groups is 1. The Balaban J connectivity index is 1.74. The molecule has 0 aliphatic rings. The molecule has 1 N–H and O–H groups in total. The predicted octanol–water partition coefficient (Wildman–Crippen LogP) is 5.41. The molecule has 1 aromatic heterocycles. The van der Waals surface area contributed by atoms with Gasteiger partial charge in [0, 0.05) is 9.86 Å². The Hall–Kier alpha value is -2.51. The first kappa shape index (κ1) is 20.2. The number of carbonyl (C=O) groups is 1. The van der Waals surface area contributed by atoms with Gasteiger partial charge in [0.15, 0.2) is 17.3 Å². The van der Waals surface area contributed by atoms with Crippen molar-refractivity contribution >= 4 is 50.6 Å². The molecule has 0 spiro atoms. The number of benzene rings is 2. The van der Waals surface area contributed by atoms with Crippen molar-refractivity contribution in [3.05, 3.63) is 57.2 Å². The lowest BCUT2D eigenvalue weighted by Gasteiger charge is -2.13. The molecular weight excluding hydrogens is 448 g/mol. The number of halogens is 2. The van der Waals surface area contributed by atoms with Crippen molar-refractivity contribution in [2.45, 2.75) is 13.8 Å². The minimum absolute atomic E-state index is 0.171. The summed E-state index contributed by atoms with van der Waals surface area (Å²) in [6.45, 7) is 4.68. The van der Waals surface area contributed by atoms with Crippen LogP contribution < -0.4 is 14.9 Å². The van der Waals surface area contributed by atoms with Gasteiger partial charge in [-0.05, 0) is 55.8 Å². The zero-order valence-electron chi connectivity index (χ0n) is 15.3. The second-order valence-electron chi connectivity index (χ2n) is 5.69. The summed E-state index contributed by atoms with van der Waals surface area (Å²) >= 11 is 9.66. The van der Waals surface area contributed by atoms with Crippen molar-refractivity contribution in [3.8, 4) is 11.5 Å². The van der Waals surface area contributed by atoms with E-state index in [2.05, 4.69) is 26.5 Å². The van der Waals surface area contributed by atoms with E-state index in [0.29, 0.717) is 40.9 Å². The lowest BCUT2D eigenvalue weighted by molar-refractivity contribution is 0.0929. The maximum atomic E-state index is 12.3. The van der Waals surface area contributed by atoms with Gasteiger partial charge in [0.05, 0.1) is 24.5 Å². The molecule has 0 aliphatic carbocycles. The number of ether oxygens (including phenoxy) is 2. The van der Waals surface area contributed by atoms with E-state index in [1.165, 1.54) is 6.21 Å². The molecular formula is C20H18BrClN2O4. The average Bonchev–Trinajstić information content (AvgIpc) is 3.08. The van der Waals surface area contributed by atoms with E-state index in [0.717, 1.165) is 9.86 Å². The number of nitrogens with one attached hydrogen (secondary N) is 1. The highest BCUT2D eigenvalue weighted by Gasteiger charge is 2.13. The second-order valence-corrected chi connectivity index (χ2v) is 7.01. The molecule has 0 fully saturated rings. The van der Waals surface area contributed by atoms with Crippen LogP contribution in [0.15, 0.2) is 50.4 Å². The van der Waals surface area contributed by atoms with Gasteiger partial charge in [0.2, 0.25) is 0 Å². The van der Waals surface area contributed by atoms with Crippen LogP contribution in [0.2, 0.25) is 5.02 Å². The summed E-state index contributed by atoms with van der Waals surface area (Å²) in [7, 11) is 0. The maximum Gasteiger partial charge on any atom is 0.307 e. The Labute approximate surface area is 175 Å². The van der Waals surface area contributed by atoms with Gasteiger partial charge in [-0.1, -0.05) is 27.5 Å². The predicted molar refractivity (Wildman–Crippen MR) is 113 cm³/mol. The fraction of sp³-hybridized carbons (Fsp3) is 0.200. The summed E-state index contributed by atoms with van der Waals surface area (Å²) in [5.41, 5.74) is 3.72. The van der Waals surface area contributed by atoms with Crippen LogP contribution in [0.1, 0.15) is 30.0 Å². The van der Waals surface area contributed by atoms with Crippen LogP contribution >= 0.6 is 27.5 Å². The number of amides is 1. The number of hydrogen-bond acceptors (Lipinski definition) is 5. The van der Waals surface area contributed by atoms with Crippen molar-refractivity contribution in [3.63, 3.8) is 0 Å². The van der Waals surface area contributed by atoms with E-state index in [4.69, 9.17) is 25.5 Å². The molecule has 0 saturated carbocycles. The lowest BCUT2D eigenvalue weighted by atomic mass is 10.2. The lowest BCUT2D eigenvalue weighted by Crippen LogP contribution is -2.16. The van der Waals surface area contributed by atoms with Crippen molar-refractivity contribution in [1.29, 1.82) is 0 Å². The fourth-order valence-corrected chi connectivity index (χ4v) is 3.21. The summed E-state index contributed by atoms with van der Waals surface area (Å²) < 4.78 is 17.5. The van der Waals surface area contributed by atoms with E-state index in [9.17, 15) is 4.79 Å². The fourth-order valence-electron chi connectivity index (χ4n) is 2.56. The summed E-state index contributed by atoms with van der Waals surface area (Å²) in [5, 5.41) is 5.20. The van der Waals surface area contributed by atoms with Crippen molar-refractivity contribution in [2.75, 3.05) is 13.2 Å². The highest BCUT2D eigenvalue weighted by atomic mass is 79.9. The molecule has 0 saturated heterocycles. The maximum absolute atomic E-state index is 12.3. The molecule has 2 aromatic carbocycles. The number of furan rings is 1. The molecule has 0 unspecified atom stereocenters. The largest absolute Gasteiger partial charge is 0.490 e. The first-order chi connectivity index (χ1) is 13.5. The van der Waals surface area contributed by atoms with E-state index in [1.54, 1.807) is 24.3 Å². The molecule has 0 bridgehead atoms. The average molecular weight is 466 g/mol. The second kappa shape index (κ2) is 9.12. The topological polar surface area (TPSA) is 73.1 Å². The molecule has 6 nitrogen and oxygen atoms in total. The summed E-state index contributed by atoms with van der Waals surface area (Å²) in [5.74, 6) is 0.726. The van der Waals surface area contributed by atoms with E-state index in [-0.39, 0.29) is 5.76 Å².